The Morgan fingerprint density at radius 2 is 2.21 bits per heavy atom. The molecular formula is C24H26ClN3O3S3. The number of nitrogens with one attached hydrogen (secondary N) is 3. The number of aryl methyl sites for hydroxylation is 1. The average molecular weight is 536 g/mol. The van der Waals surface area contributed by atoms with Crippen LogP contribution in [0.4, 0.5) is 0 Å². The number of benzene rings is 1. The summed E-state index contributed by atoms with van der Waals surface area (Å²) in [6.45, 7) is 0. The van der Waals surface area contributed by atoms with Crippen molar-refractivity contribution >= 4 is 51.9 Å². The molecule has 0 fully saturated rings. The zero-order valence-electron chi connectivity index (χ0n) is 18.3. The lowest BCUT2D eigenvalue weighted by atomic mass is 9.96. The van der Waals surface area contributed by atoms with Gasteiger partial charge in [0.1, 0.15) is 5.37 Å². The third-order valence-electron chi connectivity index (χ3n) is 5.54. The van der Waals surface area contributed by atoms with Crippen LogP contribution in [0.2, 0.25) is 5.02 Å². The summed E-state index contributed by atoms with van der Waals surface area (Å²) in [6.07, 6.45) is 8.13. The molecule has 0 radical (unpaired) electrons. The molecule has 0 bridgehead atoms. The van der Waals surface area contributed by atoms with Crippen LogP contribution >= 0.6 is 34.7 Å². The molecule has 1 aliphatic carbocycles. The molecule has 3 unspecified atom stereocenters. The fraction of sp³-hybridized carbons (Fsp3) is 0.292. The summed E-state index contributed by atoms with van der Waals surface area (Å²) in [6, 6.07) is 11.3. The Hall–Kier alpha value is -1.88. The standard InChI is InChI=1S/C24H26ClN3O3S3/c25-18-4-1-3-16(13-18)8-11-23(29)26-20(14-17-6-9-19(10-7-17)28-34(30)31)21-15-33-24(27-21)22-5-2-12-32-22/h1-7,9,12-13,15,19-20,24,27-28H,8,10-11,14H2,(H,26,29)(H,30,31)/t19?,20-,24?/m0/s1. The molecule has 2 aromatic rings. The number of carbonyl (C=O) groups excluding carboxylic acids is 1. The summed E-state index contributed by atoms with van der Waals surface area (Å²) in [5.41, 5.74) is 3.10. The van der Waals surface area contributed by atoms with Crippen LogP contribution in [0.3, 0.4) is 0 Å². The summed E-state index contributed by atoms with van der Waals surface area (Å²) in [5.74, 6) is -0.0205. The van der Waals surface area contributed by atoms with Crippen molar-refractivity contribution < 1.29 is 13.6 Å². The lowest BCUT2D eigenvalue weighted by Gasteiger charge is -2.24. The Morgan fingerprint density at radius 1 is 1.32 bits per heavy atom. The van der Waals surface area contributed by atoms with Crippen LogP contribution < -0.4 is 15.4 Å². The number of carbonyl (C=O) groups is 1. The van der Waals surface area contributed by atoms with Gasteiger partial charge in [0.25, 0.3) is 0 Å². The minimum Gasteiger partial charge on any atom is -0.370 e. The lowest BCUT2D eigenvalue weighted by Crippen LogP contribution is -2.40. The number of amides is 1. The first kappa shape index (κ1) is 25.2. The third kappa shape index (κ3) is 7.31. The fourth-order valence-electron chi connectivity index (χ4n) is 3.85. The van der Waals surface area contributed by atoms with Crippen LogP contribution in [0.25, 0.3) is 0 Å². The fourth-order valence-corrected chi connectivity index (χ4v) is 6.41. The normalized spacial score (nSPS) is 21.4. The van der Waals surface area contributed by atoms with Crippen molar-refractivity contribution in [2.24, 2.45) is 0 Å². The first-order valence-corrected chi connectivity index (χ1v) is 14.2. The minimum absolute atomic E-state index is 0.0205. The summed E-state index contributed by atoms with van der Waals surface area (Å²) >= 11 is 7.43. The van der Waals surface area contributed by atoms with E-state index in [0.29, 0.717) is 30.7 Å². The first-order chi connectivity index (χ1) is 16.5. The summed E-state index contributed by atoms with van der Waals surface area (Å²) in [5, 5.41) is 11.7. The molecule has 0 spiro atoms. The van der Waals surface area contributed by atoms with Gasteiger partial charge < -0.3 is 10.6 Å². The van der Waals surface area contributed by atoms with Crippen molar-refractivity contribution in [2.75, 3.05) is 0 Å². The molecule has 10 heteroatoms. The van der Waals surface area contributed by atoms with E-state index in [1.165, 1.54) is 4.88 Å². The van der Waals surface area contributed by atoms with Gasteiger partial charge in [0.05, 0.1) is 6.04 Å². The number of rotatable bonds is 10. The van der Waals surface area contributed by atoms with Gasteiger partial charge in [-0.3, -0.25) is 9.35 Å². The summed E-state index contributed by atoms with van der Waals surface area (Å²) < 4.78 is 22.6. The molecule has 4 rings (SSSR count). The highest BCUT2D eigenvalue weighted by atomic mass is 35.5. The third-order valence-corrected chi connectivity index (χ3v) is 8.40. The van der Waals surface area contributed by atoms with Gasteiger partial charge in [-0.25, -0.2) is 8.93 Å². The molecule has 180 valence electrons. The monoisotopic (exact) mass is 535 g/mol. The van der Waals surface area contributed by atoms with Crippen LogP contribution in [0, 0.1) is 0 Å². The molecule has 4 N–H and O–H groups in total. The molecule has 6 nitrogen and oxygen atoms in total. The Balaban J connectivity index is 1.40. The molecule has 0 saturated heterocycles. The van der Waals surface area contributed by atoms with Crippen LogP contribution in [-0.4, -0.2) is 26.8 Å². The maximum absolute atomic E-state index is 12.9. The molecule has 1 aliphatic heterocycles. The van der Waals surface area contributed by atoms with Crippen molar-refractivity contribution in [1.29, 1.82) is 0 Å². The zero-order chi connectivity index (χ0) is 23.9. The van der Waals surface area contributed by atoms with Gasteiger partial charge in [0.2, 0.25) is 17.2 Å². The van der Waals surface area contributed by atoms with E-state index in [2.05, 4.69) is 38.3 Å². The lowest BCUT2D eigenvalue weighted by molar-refractivity contribution is -0.121. The van der Waals surface area contributed by atoms with Gasteiger partial charge in [-0.2, -0.15) is 0 Å². The topological polar surface area (TPSA) is 90.5 Å². The quantitative estimate of drug-likeness (QED) is 0.319. The van der Waals surface area contributed by atoms with E-state index in [4.69, 9.17) is 16.2 Å². The number of thiophene rings is 1. The number of halogens is 1. The Labute approximate surface area is 215 Å². The predicted octanol–water partition coefficient (Wildman–Crippen LogP) is 5.07. The largest absolute Gasteiger partial charge is 0.370 e. The molecule has 4 atom stereocenters. The van der Waals surface area contributed by atoms with E-state index in [9.17, 15) is 9.00 Å². The Morgan fingerprint density at radius 3 is 2.91 bits per heavy atom. The van der Waals surface area contributed by atoms with Crippen molar-refractivity contribution in [3.05, 3.63) is 92.1 Å². The molecular weight excluding hydrogens is 510 g/mol. The van der Waals surface area contributed by atoms with E-state index in [-0.39, 0.29) is 23.4 Å². The molecule has 1 aromatic carbocycles. The minimum atomic E-state index is -2.05. The van der Waals surface area contributed by atoms with Crippen molar-refractivity contribution in [3.63, 3.8) is 0 Å². The molecule has 2 aliphatic rings. The Bertz CT molecular complexity index is 1120. The van der Waals surface area contributed by atoms with Gasteiger partial charge in [-0.1, -0.05) is 48.0 Å². The van der Waals surface area contributed by atoms with Gasteiger partial charge in [-0.05, 0) is 59.4 Å². The second-order valence-electron chi connectivity index (χ2n) is 8.05. The number of hydrogen-bond donors (Lipinski definition) is 4. The van der Waals surface area contributed by atoms with Gasteiger partial charge in [0, 0.05) is 28.1 Å². The maximum atomic E-state index is 12.9. The molecule has 0 saturated carbocycles. The number of thioether (sulfide) groups is 1. The van der Waals surface area contributed by atoms with Crippen molar-refractivity contribution in [2.45, 2.75) is 43.1 Å². The first-order valence-electron chi connectivity index (χ1n) is 10.9. The van der Waals surface area contributed by atoms with Crippen LogP contribution in [-0.2, 0) is 22.5 Å². The summed E-state index contributed by atoms with van der Waals surface area (Å²) in [7, 11) is 0. The van der Waals surface area contributed by atoms with E-state index in [1.807, 2.05) is 42.5 Å². The van der Waals surface area contributed by atoms with E-state index in [0.717, 1.165) is 16.8 Å². The van der Waals surface area contributed by atoms with E-state index in [1.54, 1.807) is 23.1 Å². The smallest absolute Gasteiger partial charge is 0.232 e. The highest BCUT2D eigenvalue weighted by Crippen LogP contribution is 2.38. The van der Waals surface area contributed by atoms with E-state index >= 15 is 0 Å². The predicted molar refractivity (Wildman–Crippen MR) is 142 cm³/mol. The molecule has 1 amide bonds. The number of hydrogen-bond acceptors (Lipinski definition) is 5. The second-order valence-corrected chi connectivity index (χ2v) is 11.2. The van der Waals surface area contributed by atoms with Crippen LogP contribution in [0.15, 0.2) is 76.7 Å². The van der Waals surface area contributed by atoms with Gasteiger partial charge >= 0.3 is 0 Å². The molecule has 2 heterocycles. The van der Waals surface area contributed by atoms with Crippen LogP contribution in [0.5, 0.6) is 0 Å². The SMILES string of the molecule is O=C(CCc1cccc(Cl)c1)N[C@@H](CC1=CCC(NS(=O)O)C=C1)C1=CSC(c2cccs2)N1. The van der Waals surface area contributed by atoms with Gasteiger partial charge in [-0.15, -0.1) is 23.1 Å². The second kappa shape index (κ2) is 12.2. The molecule has 34 heavy (non-hydrogen) atoms. The zero-order valence-corrected chi connectivity index (χ0v) is 21.5. The number of allylic oxidation sites excluding steroid dienone is 1. The molecule has 1 aromatic heterocycles. The van der Waals surface area contributed by atoms with Crippen molar-refractivity contribution in [3.8, 4) is 0 Å². The van der Waals surface area contributed by atoms with Crippen LogP contribution in [0.1, 0.15) is 35.1 Å². The highest BCUT2D eigenvalue weighted by molar-refractivity contribution is 8.02. The summed E-state index contributed by atoms with van der Waals surface area (Å²) in [4.78, 5) is 14.1. The Kier molecular flexibility index (Phi) is 9.04. The average Bonchev–Trinajstić information content (AvgIpc) is 3.50. The van der Waals surface area contributed by atoms with Crippen molar-refractivity contribution in [1.82, 2.24) is 15.4 Å². The highest BCUT2D eigenvalue weighted by Gasteiger charge is 2.27. The maximum Gasteiger partial charge on any atom is 0.232 e. The van der Waals surface area contributed by atoms with E-state index < -0.39 is 11.3 Å². The van der Waals surface area contributed by atoms with Gasteiger partial charge in [0.15, 0.2) is 0 Å².